The summed E-state index contributed by atoms with van der Waals surface area (Å²) in [5, 5.41) is 3.07. The van der Waals surface area contributed by atoms with Crippen LogP contribution >= 0.6 is 0 Å². The van der Waals surface area contributed by atoms with Gasteiger partial charge in [0.2, 0.25) is 0 Å². The average molecular weight is 323 g/mol. The lowest BCUT2D eigenvalue weighted by atomic mass is 10.0. The fraction of sp³-hybridized carbons (Fsp3) is 0.400. The smallest absolute Gasteiger partial charge is 0.321 e. The Kier molecular flexibility index (Phi) is 4.84. The Balaban J connectivity index is 1.80. The van der Waals surface area contributed by atoms with Gasteiger partial charge in [-0.2, -0.15) is 0 Å². The molecular formula is C20H25N3O. The third-order valence-electron chi connectivity index (χ3n) is 4.76. The third-order valence-corrected chi connectivity index (χ3v) is 4.76. The largest absolute Gasteiger partial charge is 0.322 e. The second kappa shape index (κ2) is 7.04. The van der Waals surface area contributed by atoms with E-state index >= 15 is 0 Å². The molecular weight excluding hydrogens is 298 g/mol. The molecule has 2 amide bonds. The van der Waals surface area contributed by atoms with E-state index in [1.807, 2.05) is 41.3 Å². The number of hydrogen-bond acceptors (Lipinski definition) is 2. The molecule has 3 rings (SSSR count). The number of nitrogens with one attached hydrogen (secondary N) is 1. The minimum atomic E-state index is 0.00187. The van der Waals surface area contributed by atoms with Gasteiger partial charge in [-0.3, -0.25) is 4.98 Å². The summed E-state index contributed by atoms with van der Waals surface area (Å²) in [5.74, 6) is 0.486. The first-order valence-electron chi connectivity index (χ1n) is 8.66. The summed E-state index contributed by atoms with van der Waals surface area (Å²) < 4.78 is 0. The van der Waals surface area contributed by atoms with E-state index in [9.17, 15) is 4.79 Å². The highest BCUT2D eigenvalue weighted by Crippen LogP contribution is 2.27. The Hall–Kier alpha value is -2.36. The number of rotatable bonds is 3. The van der Waals surface area contributed by atoms with E-state index in [2.05, 4.69) is 31.1 Å². The number of benzene rings is 1. The predicted octanol–water partition coefficient (Wildman–Crippen LogP) is 4.71. The lowest BCUT2D eigenvalue weighted by Gasteiger charge is -2.28. The maximum absolute atomic E-state index is 12.7. The van der Waals surface area contributed by atoms with E-state index in [1.165, 1.54) is 0 Å². The topological polar surface area (TPSA) is 45.2 Å². The Morgan fingerprint density at radius 1 is 1.29 bits per heavy atom. The molecule has 1 unspecified atom stereocenters. The number of carbonyl (C=O) groups excluding carboxylic acids is 1. The number of aromatic nitrogens is 1. The zero-order valence-corrected chi connectivity index (χ0v) is 14.6. The summed E-state index contributed by atoms with van der Waals surface area (Å²) >= 11 is 0. The van der Waals surface area contributed by atoms with E-state index in [0.717, 1.165) is 41.9 Å². The molecule has 0 radical (unpaired) electrons. The molecule has 0 aliphatic carbocycles. The maximum atomic E-state index is 12.7. The molecule has 1 N–H and O–H groups in total. The van der Waals surface area contributed by atoms with Gasteiger partial charge in [0, 0.05) is 30.0 Å². The van der Waals surface area contributed by atoms with Crippen LogP contribution in [-0.2, 0) is 0 Å². The normalized spacial score (nSPS) is 17.3. The van der Waals surface area contributed by atoms with Crippen molar-refractivity contribution in [1.29, 1.82) is 0 Å². The zero-order chi connectivity index (χ0) is 17.1. The van der Waals surface area contributed by atoms with Crippen molar-refractivity contribution in [3.63, 3.8) is 0 Å². The van der Waals surface area contributed by atoms with Crippen molar-refractivity contribution in [3.05, 3.63) is 48.2 Å². The number of anilines is 1. The summed E-state index contributed by atoms with van der Waals surface area (Å²) in [6.45, 7) is 7.27. The Morgan fingerprint density at radius 3 is 2.83 bits per heavy atom. The molecule has 1 aliphatic heterocycles. The number of urea groups is 1. The van der Waals surface area contributed by atoms with Crippen molar-refractivity contribution in [1.82, 2.24) is 9.88 Å². The van der Waals surface area contributed by atoms with Crippen molar-refractivity contribution in [2.75, 3.05) is 11.9 Å². The van der Waals surface area contributed by atoms with E-state index < -0.39 is 0 Å². The molecule has 1 aliphatic rings. The first-order valence-corrected chi connectivity index (χ1v) is 8.66. The van der Waals surface area contributed by atoms with Gasteiger partial charge in [0.1, 0.15) is 0 Å². The molecule has 4 heteroatoms. The molecule has 2 heterocycles. The van der Waals surface area contributed by atoms with Gasteiger partial charge >= 0.3 is 6.03 Å². The molecule has 0 bridgehead atoms. The molecule has 1 atom stereocenters. The van der Waals surface area contributed by atoms with Crippen LogP contribution in [0.4, 0.5) is 10.5 Å². The highest BCUT2D eigenvalue weighted by molar-refractivity contribution is 5.90. The number of likely N-dealkylation sites (tertiary alicyclic amines) is 1. The molecule has 24 heavy (non-hydrogen) atoms. The summed E-state index contributed by atoms with van der Waals surface area (Å²) in [5.41, 5.74) is 3.94. The van der Waals surface area contributed by atoms with Crippen LogP contribution in [0, 0.1) is 12.8 Å². The van der Waals surface area contributed by atoms with Crippen LogP contribution in [0.2, 0.25) is 0 Å². The van der Waals surface area contributed by atoms with Crippen LogP contribution in [0.3, 0.4) is 0 Å². The van der Waals surface area contributed by atoms with Crippen molar-refractivity contribution in [2.24, 2.45) is 5.92 Å². The van der Waals surface area contributed by atoms with Crippen LogP contribution in [0.25, 0.3) is 11.3 Å². The molecule has 1 fully saturated rings. The van der Waals surface area contributed by atoms with Gasteiger partial charge in [-0.25, -0.2) is 4.79 Å². The van der Waals surface area contributed by atoms with Gasteiger partial charge in [-0.1, -0.05) is 26.0 Å². The van der Waals surface area contributed by atoms with Crippen molar-refractivity contribution < 1.29 is 4.79 Å². The number of aryl methyl sites for hydroxylation is 1. The fourth-order valence-electron chi connectivity index (χ4n) is 3.43. The third kappa shape index (κ3) is 3.42. The SMILES string of the molecule is Cc1ccc(NC(=O)N2CCCC2C(C)C)cc1-c1ccccn1. The average Bonchev–Trinajstić information content (AvgIpc) is 3.07. The summed E-state index contributed by atoms with van der Waals surface area (Å²) in [6.07, 6.45) is 3.97. The van der Waals surface area contributed by atoms with Crippen LogP contribution in [0.5, 0.6) is 0 Å². The number of nitrogens with zero attached hydrogens (tertiary/aromatic N) is 2. The highest BCUT2D eigenvalue weighted by Gasteiger charge is 2.30. The van der Waals surface area contributed by atoms with E-state index in [1.54, 1.807) is 6.20 Å². The Morgan fingerprint density at radius 2 is 2.12 bits per heavy atom. The predicted molar refractivity (Wildman–Crippen MR) is 98.0 cm³/mol. The fourth-order valence-corrected chi connectivity index (χ4v) is 3.43. The molecule has 4 nitrogen and oxygen atoms in total. The minimum Gasteiger partial charge on any atom is -0.321 e. The quantitative estimate of drug-likeness (QED) is 0.889. The van der Waals surface area contributed by atoms with Crippen molar-refractivity contribution in [3.8, 4) is 11.3 Å². The van der Waals surface area contributed by atoms with Crippen LogP contribution in [0.15, 0.2) is 42.6 Å². The highest BCUT2D eigenvalue weighted by atomic mass is 16.2. The molecule has 126 valence electrons. The van der Waals surface area contributed by atoms with Gasteiger partial charge < -0.3 is 10.2 Å². The van der Waals surface area contributed by atoms with E-state index in [4.69, 9.17) is 0 Å². The summed E-state index contributed by atoms with van der Waals surface area (Å²) in [7, 11) is 0. The molecule has 0 saturated carbocycles. The second-order valence-electron chi connectivity index (χ2n) is 6.82. The van der Waals surface area contributed by atoms with Gasteiger partial charge in [0.05, 0.1) is 5.69 Å². The van der Waals surface area contributed by atoms with Gasteiger partial charge in [-0.15, -0.1) is 0 Å². The molecule has 1 saturated heterocycles. The summed E-state index contributed by atoms with van der Waals surface area (Å²) in [6, 6.07) is 12.2. The number of carbonyl (C=O) groups is 1. The van der Waals surface area contributed by atoms with E-state index in [-0.39, 0.29) is 6.03 Å². The van der Waals surface area contributed by atoms with Crippen LogP contribution < -0.4 is 5.32 Å². The maximum Gasteiger partial charge on any atom is 0.322 e. The van der Waals surface area contributed by atoms with Crippen LogP contribution in [-0.4, -0.2) is 28.5 Å². The molecule has 1 aromatic carbocycles. The molecule has 2 aromatic rings. The monoisotopic (exact) mass is 323 g/mol. The van der Waals surface area contributed by atoms with Crippen LogP contribution in [0.1, 0.15) is 32.3 Å². The number of amides is 2. The zero-order valence-electron chi connectivity index (χ0n) is 14.6. The van der Waals surface area contributed by atoms with Crippen molar-refractivity contribution in [2.45, 2.75) is 39.7 Å². The Labute approximate surface area is 143 Å². The number of pyridine rings is 1. The first kappa shape index (κ1) is 16.5. The first-order chi connectivity index (χ1) is 11.6. The molecule has 1 aromatic heterocycles. The van der Waals surface area contributed by atoms with E-state index in [0.29, 0.717) is 12.0 Å². The van der Waals surface area contributed by atoms with Gasteiger partial charge in [-0.05, 0) is 55.5 Å². The standard InChI is InChI=1S/C20H25N3O/c1-14(2)19-8-6-12-23(19)20(24)22-16-10-9-15(3)17(13-16)18-7-4-5-11-21-18/h4-5,7,9-11,13-14,19H,6,8,12H2,1-3H3,(H,22,24). The molecule has 0 spiro atoms. The lowest BCUT2D eigenvalue weighted by molar-refractivity contribution is 0.192. The van der Waals surface area contributed by atoms with Gasteiger partial charge in [0.15, 0.2) is 0 Å². The minimum absolute atomic E-state index is 0.00187. The number of hydrogen-bond donors (Lipinski definition) is 1. The second-order valence-corrected chi connectivity index (χ2v) is 6.82. The Bertz CT molecular complexity index is 712. The van der Waals surface area contributed by atoms with Gasteiger partial charge in [0.25, 0.3) is 0 Å². The van der Waals surface area contributed by atoms with Crippen molar-refractivity contribution >= 4 is 11.7 Å². The summed E-state index contributed by atoms with van der Waals surface area (Å²) in [4.78, 5) is 19.1. The lowest BCUT2D eigenvalue weighted by Crippen LogP contribution is -2.41.